The summed E-state index contributed by atoms with van der Waals surface area (Å²) in [7, 11) is 0. The van der Waals surface area contributed by atoms with E-state index in [0.29, 0.717) is 19.0 Å². The Labute approximate surface area is 114 Å². The molecule has 0 bridgehead atoms. The van der Waals surface area contributed by atoms with Crippen LogP contribution in [-0.2, 0) is 17.9 Å². The second kappa shape index (κ2) is 6.70. The fraction of sp³-hybridized carbons (Fsp3) is 0.714. The molecule has 1 fully saturated rings. The molecule has 2 rings (SSSR count). The number of hydrogen-bond donors (Lipinski definition) is 2. The van der Waals surface area contributed by atoms with Crippen molar-refractivity contribution in [1.82, 2.24) is 20.2 Å². The molecule has 1 heterocycles. The molecule has 1 saturated carbocycles. The average molecular weight is 264 g/mol. The lowest BCUT2D eigenvalue weighted by atomic mass is 10.2. The minimum Gasteiger partial charge on any atom is -0.354 e. The number of hydrogen-bond acceptors (Lipinski definition) is 3. The topological polar surface area (TPSA) is 59.0 Å². The average Bonchev–Trinajstić information content (AvgIpc) is 3.09. The summed E-state index contributed by atoms with van der Waals surface area (Å²) in [5.41, 5.74) is 0. The van der Waals surface area contributed by atoms with Gasteiger partial charge in [0.05, 0.1) is 6.54 Å². The molecule has 0 spiro atoms. The van der Waals surface area contributed by atoms with Crippen LogP contribution in [0.5, 0.6) is 0 Å². The maximum Gasteiger partial charge on any atom is 0.239 e. The van der Waals surface area contributed by atoms with Gasteiger partial charge in [-0.2, -0.15) is 0 Å². The zero-order valence-electron chi connectivity index (χ0n) is 11.9. The van der Waals surface area contributed by atoms with Gasteiger partial charge < -0.3 is 15.2 Å². The SMILES string of the molecule is CC(C)CNCc1nccn1CC(=O)NCC1CC1. The number of nitrogens with zero attached hydrogens (tertiary/aromatic N) is 2. The second-order valence-electron chi connectivity index (χ2n) is 5.74. The molecule has 0 atom stereocenters. The van der Waals surface area contributed by atoms with Crippen LogP contribution < -0.4 is 10.6 Å². The van der Waals surface area contributed by atoms with E-state index in [9.17, 15) is 4.79 Å². The van der Waals surface area contributed by atoms with Gasteiger partial charge in [0, 0.05) is 18.9 Å². The summed E-state index contributed by atoms with van der Waals surface area (Å²) in [6, 6.07) is 0. The van der Waals surface area contributed by atoms with Crippen LogP contribution in [0.2, 0.25) is 0 Å². The van der Waals surface area contributed by atoms with Crippen LogP contribution in [0, 0.1) is 11.8 Å². The molecule has 5 nitrogen and oxygen atoms in total. The van der Waals surface area contributed by atoms with Crippen molar-refractivity contribution in [1.29, 1.82) is 0 Å². The molecule has 1 aliphatic carbocycles. The number of nitrogens with one attached hydrogen (secondary N) is 2. The molecule has 0 aliphatic heterocycles. The summed E-state index contributed by atoms with van der Waals surface area (Å²) in [6.45, 7) is 7.21. The van der Waals surface area contributed by atoms with E-state index in [1.807, 2.05) is 10.8 Å². The highest BCUT2D eigenvalue weighted by Gasteiger charge is 2.21. The van der Waals surface area contributed by atoms with Crippen LogP contribution in [0.25, 0.3) is 0 Å². The maximum atomic E-state index is 11.8. The van der Waals surface area contributed by atoms with E-state index >= 15 is 0 Å². The Morgan fingerprint density at radius 2 is 2.32 bits per heavy atom. The van der Waals surface area contributed by atoms with Crippen LogP contribution in [-0.4, -0.2) is 28.5 Å². The van der Waals surface area contributed by atoms with Crippen LogP contribution in [0.1, 0.15) is 32.5 Å². The highest BCUT2D eigenvalue weighted by atomic mass is 16.1. The third kappa shape index (κ3) is 5.03. The zero-order valence-corrected chi connectivity index (χ0v) is 11.9. The molecule has 1 aromatic rings. The molecule has 1 amide bonds. The Morgan fingerprint density at radius 1 is 1.53 bits per heavy atom. The number of imidazole rings is 1. The number of amides is 1. The van der Waals surface area contributed by atoms with Gasteiger partial charge in [-0.1, -0.05) is 13.8 Å². The summed E-state index contributed by atoms with van der Waals surface area (Å²) >= 11 is 0. The van der Waals surface area contributed by atoms with Crippen molar-refractivity contribution < 1.29 is 4.79 Å². The molecule has 5 heteroatoms. The Balaban J connectivity index is 1.75. The Bertz CT molecular complexity index is 409. The first-order valence-electron chi connectivity index (χ1n) is 7.12. The minimum atomic E-state index is 0.0787. The van der Waals surface area contributed by atoms with Crippen LogP contribution in [0.4, 0.5) is 0 Å². The van der Waals surface area contributed by atoms with Crippen LogP contribution in [0.3, 0.4) is 0 Å². The zero-order chi connectivity index (χ0) is 13.7. The molecule has 19 heavy (non-hydrogen) atoms. The third-order valence-electron chi connectivity index (χ3n) is 3.24. The monoisotopic (exact) mass is 264 g/mol. The molecule has 0 unspecified atom stereocenters. The lowest BCUT2D eigenvalue weighted by Gasteiger charge is -2.10. The van der Waals surface area contributed by atoms with Crippen molar-refractivity contribution in [3.63, 3.8) is 0 Å². The maximum absolute atomic E-state index is 11.8. The number of rotatable bonds is 8. The van der Waals surface area contributed by atoms with E-state index in [4.69, 9.17) is 0 Å². The van der Waals surface area contributed by atoms with Gasteiger partial charge in [-0.15, -0.1) is 0 Å². The molecule has 106 valence electrons. The van der Waals surface area contributed by atoms with Gasteiger partial charge in [0.25, 0.3) is 0 Å². The van der Waals surface area contributed by atoms with Crippen molar-refractivity contribution in [2.75, 3.05) is 13.1 Å². The largest absolute Gasteiger partial charge is 0.354 e. The number of carbonyl (C=O) groups excluding carboxylic acids is 1. The minimum absolute atomic E-state index is 0.0787. The van der Waals surface area contributed by atoms with Gasteiger partial charge in [0.2, 0.25) is 5.91 Å². The molecule has 1 aromatic heterocycles. The highest BCUT2D eigenvalue weighted by Crippen LogP contribution is 2.27. The predicted octanol–water partition coefficient (Wildman–Crippen LogP) is 1.15. The van der Waals surface area contributed by atoms with Crippen molar-refractivity contribution in [2.45, 2.75) is 39.8 Å². The molecule has 2 N–H and O–H groups in total. The predicted molar refractivity (Wildman–Crippen MR) is 74.5 cm³/mol. The van der Waals surface area contributed by atoms with Gasteiger partial charge in [0.15, 0.2) is 0 Å². The second-order valence-corrected chi connectivity index (χ2v) is 5.74. The summed E-state index contributed by atoms with van der Waals surface area (Å²) in [4.78, 5) is 16.1. The fourth-order valence-corrected chi connectivity index (χ4v) is 1.91. The van der Waals surface area contributed by atoms with Crippen molar-refractivity contribution in [3.8, 4) is 0 Å². The smallest absolute Gasteiger partial charge is 0.239 e. The Kier molecular flexibility index (Phi) is 4.96. The van der Waals surface area contributed by atoms with Gasteiger partial charge >= 0.3 is 0 Å². The van der Waals surface area contributed by atoms with Crippen molar-refractivity contribution in [3.05, 3.63) is 18.2 Å². The van der Waals surface area contributed by atoms with Crippen molar-refractivity contribution in [2.24, 2.45) is 11.8 Å². The third-order valence-corrected chi connectivity index (χ3v) is 3.24. The molecule has 1 aliphatic rings. The van der Waals surface area contributed by atoms with Crippen LogP contribution >= 0.6 is 0 Å². The van der Waals surface area contributed by atoms with E-state index in [1.54, 1.807) is 6.20 Å². The lowest BCUT2D eigenvalue weighted by molar-refractivity contribution is -0.121. The highest BCUT2D eigenvalue weighted by molar-refractivity contribution is 5.75. The molecule has 0 radical (unpaired) electrons. The Morgan fingerprint density at radius 3 is 3.00 bits per heavy atom. The Hall–Kier alpha value is -1.36. The van der Waals surface area contributed by atoms with E-state index in [0.717, 1.165) is 24.8 Å². The van der Waals surface area contributed by atoms with E-state index in [2.05, 4.69) is 29.5 Å². The quantitative estimate of drug-likeness (QED) is 0.740. The van der Waals surface area contributed by atoms with E-state index < -0.39 is 0 Å². The van der Waals surface area contributed by atoms with Gasteiger partial charge in [-0.3, -0.25) is 4.79 Å². The van der Waals surface area contributed by atoms with Crippen LogP contribution in [0.15, 0.2) is 12.4 Å². The summed E-state index contributed by atoms with van der Waals surface area (Å²) < 4.78 is 1.91. The molecule has 0 saturated heterocycles. The summed E-state index contributed by atoms with van der Waals surface area (Å²) in [6.07, 6.45) is 6.13. The van der Waals surface area contributed by atoms with Gasteiger partial charge in [0.1, 0.15) is 12.4 Å². The first kappa shape index (κ1) is 14.1. The molecule has 0 aromatic carbocycles. The molecular weight excluding hydrogens is 240 g/mol. The van der Waals surface area contributed by atoms with Gasteiger partial charge in [-0.05, 0) is 31.2 Å². The first-order chi connectivity index (χ1) is 9.15. The lowest BCUT2D eigenvalue weighted by Crippen LogP contribution is -2.30. The summed E-state index contributed by atoms with van der Waals surface area (Å²) in [5.74, 6) is 2.33. The fourth-order valence-electron chi connectivity index (χ4n) is 1.91. The normalized spacial score (nSPS) is 14.9. The first-order valence-corrected chi connectivity index (χ1v) is 7.12. The van der Waals surface area contributed by atoms with E-state index in [-0.39, 0.29) is 5.91 Å². The summed E-state index contributed by atoms with van der Waals surface area (Å²) in [5, 5.41) is 6.32. The molecular formula is C14H24N4O. The van der Waals surface area contributed by atoms with E-state index in [1.165, 1.54) is 12.8 Å². The van der Waals surface area contributed by atoms with Crippen molar-refractivity contribution >= 4 is 5.91 Å². The van der Waals surface area contributed by atoms with Gasteiger partial charge in [-0.25, -0.2) is 4.98 Å². The number of carbonyl (C=O) groups is 1. The number of aromatic nitrogens is 2. The standard InChI is InChI=1S/C14H24N4O/c1-11(2)7-15-9-13-16-5-6-18(13)10-14(19)17-8-12-3-4-12/h5-6,11-12,15H,3-4,7-10H2,1-2H3,(H,17,19).